The predicted octanol–water partition coefficient (Wildman–Crippen LogP) is 9.83. The number of amides is 1. The molecule has 0 aromatic carbocycles. The highest BCUT2D eigenvalue weighted by molar-refractivity contribution is 7.47. The van der Waals surface area contributed by atoms with E-state index in [1.54, 1.807) is 6.08 Å². The van der Waals surface area contributed by atoms with Gasteiger partial charge in [-0.15, -0.1) is 0 Å². The van der Waals surface area contributed by atoms with Crippen LogP contribution < -0.4 is 11.1 Å². The lowest BCUT2D eigenvalue weighted by Gasteiger charge is -2.23. The molecule has 272 valence electrons. The number of carbonyl (C=O) groups is 1. The molecule has 0 rings (SSSR count). The lowest BCUT2D eigenvalue weighted by atomic mass is 10.0. The summed E-state index contributed by atoms with van der Waals surface area (Å²) in [7, 11) is -4.33. The van der Waals surface area contributed by atoms with E-state index in [-0.39, 0.29) is 25.7 Å². The largest absolute Gasteiger partial charge is 0.472 e. The number of rotatable bonds is 35. The normalized spacial score (nSPS) is 14.6. The third kappa shape index (κ3) is 31.6. The second-order valence-corrected chi connectivity index (χ2v) is 14.2. The Morgan fingerprint density at radius 3 is 1.61 bits per heavy atom. The summed E-state index contributed by atoms with van der Waals surface area (Å²) in [5, 5.41) is 13.6. The van der Waals surface area contributed by atoms with E-state index in [4.69, 9.17) is 14.8 Å². The molecule has 0 aromatic rings. The zero-order valence-corrected chi connectivity index (χ0v) is 30.7. The fraction of sp³-hybridized carbons (Fsp3) is 0.865. The number of phosphoric acid groups is 1. The molecule has 0 radical (unpaired) electrons. The molecule has 0 aliphatic rings. The van der Waals surface area contributed by atoms with Gasteiger partial charge >= 0.3 is 7.82 Å². The van der Waals surface area contributed by atoms with Gasteiger partial charge in [-0.25, -0.2) is 4.57 Å². The number of carbonyl (C=O) groups excluding carboxylic acids is 1. The molecule has 0 aliphatic carbocycles. The first kappa shape index (κ1) is 45.0. The topological polar surface area (TPSA) is 131 Å². The maximum Gasteiger partial charge on any atom is 0.472 e. The highest BCUT2D eigenvalue weighted by Crippen LogP contribution is 2.43. The molecule has 0 bridgehead atoms. The number of unbranched alkanes of at least 4 members (excludes halogenated alkanes) is 21. The summed E-state index contributed by atoms with van der Waals surface area (Å²) in [6.45, 7) is 4.10. The van der Waals surface area contributed by atoms with Gasteiger partial charge in [-0.3, -0.25) is 13.8 Å². The van der Waals surface area contributed by atoms with Crippen molar-refractivity contribution in [2.24, 2.45) is 5.73 Å². The van der Waals surface area contributed by atoms with Crippen LogP contribution in [-0.2, 0) is 18.4 Å². The Kier molecular flexibility index (Phi) is 33.1. The standard InChI is InChI=1S/C37H73N2O6P/c1-3-5-7-9-11-13-15-17-19-21-23-25-27-29-31-37(41)39-35(34-45-46(42,43)44-33-32-38)36(40)30-28-26-24-22-20-18-16-14-12-10-8-6-4-2/h15,17,28,30,35-36,40H,3-14,16,18-27,29,31-34,38H2,1-2H3,(H,39,41)(H,42,43)/b17-15-,30-28+. The van der Waals surface area contributed by atoms with Crippen LogP contribution in [0.5, 0.6) is 0 Å². The van der Waals surface area contributed by atoms with Gasteiger partial charge in [0.05, 0.1) is 25.4 Å². The summed E-state index contributed by atoms with van der Waals surface area (Å²) < 4.78 is 22.0. The zero-order chi connectivity index (χ0) is 34.0. The highest BCUT2D eigenvalue weighted by atomic mass is 31.2. The molecule has 3 unspecified atom stereocenters. The van der Waals surface area contributed by atoms with Crippen LogP contribution in [-0.4, -0.2) is 47.8 Å². The lowest BCUT2D eigenvalue weighted by molar-refractivity contribution is -0.123. The number of nitrogens with one attached hydrogen (secondary N) is 1. The van der Waals surface area contributed by atoms with E-state index in [0.29, 0.717) is 6.42 Å². The van der Waals surface area contributed by atoms with Gasteiger partial charge in [-0.2, -0.15) is 0 Å². The first-order chi connectivity index (χ1) is 22.4. The molecule has 0 aliphatic heterocycles. The van der Waals surface area contributed by atoms with Gasteiger partial charge < -0.3 is 21.1 Å². The van der Waals surface area contributed by atoms with E-state index in [1.165, 1.54) is 103 Å². The molecule has 0 heterocycles. The molecular formula is C37H73N2O6P. The minimum absolute atomic E-state index is 0.0778. The number of hydrogen-bond acceptors (Lipinski definition) is 6. The monoisotopic (exact) mass is 673 g/mol. The first-order valence-electron chi connectivity index (χ1n) is 19.0. The Hall–Kier alpha value is -1.02. The van der Waals surface area contributed by atoms with Crippen molar-refractivity contribution in [3.63, 3.8) is 0 Å². The Morgan fingerprint density at radius 1 is 0.696 bits per heavy atom. The molecule has 0 saturated heterocycles. The van der Waals surface area contributed by atoms with Crippen LogP contribution in [0.3, 0.4) is 0 Å². The van der Waals surface area contributed by atoms with Crippen molar-refractivity contribution < 1.29 is 28.4 Å². The minimum Gasteiger partial charge on any atom is -0.387 e. The van der Waals surface area contributed by atoms with Crippen LogP contribution in [0.25, 0.3) is 0 Å². The minimum atomic E-state index is -4.33. The van der Waals surface area contributed by atoms with Gasteiger partial charge in [0, 0.05) is 13.0 Å². The molecule has 0 aromatic heterocycles. The SMILES string of the molecule is CCCCCCC/C=C\CCCCCCCC(=O)NC(COP(=O)(O)OCCN)C(O)/C=C/CCCCCCCCCCCCC. The third-order valence-corrected chi connectivity index (χ3v) is 9.26. The Bertz CT molecular complexity index is 779. The van der Waals surface area contributed by atoms with Crippen molar-refractivity contribution in [2.45, 2.75) is 187 Å². The van der Waals surface area contributed by atoms with Crippen LogP contribution in [0.4, 0.5) is 0 Å². The number of allylic oxidation sites excluding steroid dienone is 3. The fourth-order valence-electron chi connectivity index (χ4n) is 5.36. The summed E-state index contributed by atoms with van der Waals surface area (Å²) in [4.78, 5) is 22.6. The van der Waals surface area contributed by atoms with Crippen molar-refractivity contribution in [3.8, 4) is 0 Å². The van der Waals surface area contributed by atoms with Crippen LogP contribution in [0, 0.1) is 0 Å². The number of nitrogens with two attached hydrogens (primary N) is 1. The van der Waals surface area contributed by atoms with Crippen molar-refractivity contribution in [1.82, 2.24) is 5.32 Å². The molecule has 0 fully saturated rings. The van der Waals surface area contributed by atoms with Gasteiger partial charge in [0.25, 0.3) is 0 Å². The van der Waals surface area contributed by atoms with Crippen molar-refractivity contribution in [1.29, 1.82) is 0 Å². The van der Waals surface area contributed by atoms with Gasteiger partial charge in [0.2, 0.25) is 5.91 Å². The molecule has 46 heavy (non-hydrogen) atoms. The molecule has 3 atom stereocenters. The highest BCUT2D eigenvalue weighted by Gasteiger charge is 2.26. The van der Waals surface area contributed by atoms with Crippen molar-refractivity contribution in [3.05, 3.63) is 24.3 Å². The molecule has 9 heteroatoms. The predicted molar refractivity (Wildman–Crippen MR) is 194 cm³/mol. The Morgan fingerprint density at radius 2 is 1.13 bits per heavy atom. The summed E-state index contributed by atoms with van der Waals surface area (Å²) in [6.07, 6.45) is 36.4. The summed E-state index contributed by atoms with van der Waals surface area (Å²) in [5.74, 6) is -0.205. The number of aliphatic hydroxyl groups is 1. The van der Waals surface area contributed by atoms with E-state index in [2.05, 4.69) is 31.3 Å². The Balaban J connectivity index is 4.34. The molecule has 8 nitrogen and oxygen atoms in total. The van der Waals surface area contributed by atoms with Crippen molar-refractivity contribution in [2.75, 3.05) is 19.8 Å². The third-order valence-electron chi connectivity index (χ3n) is 8.27. The van der Waals surface area contributed by atoms with Crippen LogP contribution >= 0.6 is 7.82 Å². The number of aliphatic hydroxyl groups excluding tert-OH is 1. The van der Waals surface area contributed by atoms with E-state index >= 15 is 0 Å². The second-order valence-electron chi connectivity index (χ2n) is 12.8. The van der Waals surface area contributed by atoms with Crippen LogP contribution in [0.2, 0.25) is 0 Å². The molecule has 0 spiro atoms. The number of phosphoric ester groups is 1. The molecular weight excluding hydrogens is 599 g/mol. The Labute approximate surface area is 283 Å². The van der Waals surface area contributed by atoms with E-state index < -0.39 is 20.0 Å². The maximum absolute atomic E-state index is 12.7. The van der Waals surface area contributed by atoms with Gasteiger partial charge in [-0.1, -0.05) is 147 Å². The van der Waals surface area contributed by atoms with E-state index in [1.807, 2.05) is 6.08 Å². The lowest BCUT2D eigenvalue weighted by Crippen LogP contribution is -2.45. The van der Waals surface area contributed by atoms with E-state index in [0.717, 1.165) is 51.4 Å². The maximum atomic E-state index is 12.7. The average Bonchev–Trinajstić information content (AvgIpc) is 3.04. The smallest absolute Gasteiger partial charge is 0.387 e. The van der Waals surface area contributed by atoms with Gasteiger partial charge in [-0.05, 0) is 44.9 Å². The fourth-order valence-corrected chi connectivity index (χ4v) is 6.12. The van der Waals surface area contributed by atoms with Gasteiger partial charge in [0.1, 0.15) is 0 Å². The van der Waals surface area contributed by atoms with E-state index in [9.17, 15) is 19.4 Å². The number of hydrogen-bond donors (Lipinski definition) is 4. The van der Waals surface area contributed by atoms with Gasteiger partial charge in [0.15, 0.2) is 0 Å². The van der Waals surface area contributed by atoms with Crippen LogP contribution in [0.15, 0.2) is 24.3 Å². The summed E-state index contributed by atoms with van der Waals surface area (Å²) in [5.41, 5.74) is 5.35. The quantitative estimate of drug-likeness (QED) is 0.0299. The molecule has 1 amide bonds. The zero-order valence-electron chi connectivity index (χ0n) is 29.8. The average molecular weight is 673 g/mol. The second kappa shape index (κ2) is 33.9. The summed E-state index contributed by atoms with van der Waals surface area (Å²) in [6, 6.07) is -0.860. The van der Waals surface area contributed by atoms with Crippen molar-refractivity contribution >= 4 is 13.7 Å². The summed E-state index contributed by atoms with van der Waals surface area (Å²) >= 11 is 0. The van der Waals surface area contributed by atoms with Crippen LogP contribution in [0.1, 0.15) is 174 Å². The first-order valence-corrected chi connectivity index (χ1v) is 20.5. The molecule has 0 saturated carbocycles. The molecule has 5 N–H and O–H groups in total.